The summed E-state index contributed by atoms with van der Waals surface area (Å²) >= 11 is 0. The van der Waals surface area contributed by atoms with E-state index in [9.17, 15) is 4.79 Å². The summed E-state index contributed by atoms with van der Waals surface area (Å²) in [4.78, 5) is 12.3. The summed E-state index contributed by atoms with van der Waals surface area (Å²) in [5.41, 5.74) is 1.97. The molecule has 2 aliphatic rings. The molecule has 1 aliphatic heterocycles. The van der Waals surface area contributed by atoms with Crippen molar-refractivity contribution in [1.82, 2.24) is 15.1 Å². The number of amides is 1. The van der Waals surface area contributed by atoms with Gasteiger partial charge in [-0.1, -0.05) is 6.07 Å². The third kappa shape index (κ3) is 3.68. The summed E-state index contributed by atoms with van der Waals surface area (Å²) in [5.74, 6) is 1.91. The van der Waals surface area contributed by atoms with Crippen LogP contribution in [0, 0.1) is 5.92 Å². The van der Waals surface area contributed by atoms with E-state index in [2.05, 4.69) is 10.4 Å². The Labute approximate surface area is 146 Å². The average Bonchev–Trinajstić information content (AvgIpc) is 3.39. The van der Waals surface area contributed by atoms with Gasteiger partial charge in [0, 0.05) is 24.9 Å². The summed E-state index contributed by atoms with van der Waals surface area (Å²) in [6, 6.07) is 5.93. The smallest absolute Gasteiger partial charge is 0.244 e. The molecule has 1 N–H and O–H groups in total. The van der Waals surface area contributed by atoms with E-state index >= 15 is 0 Å². The van der Waals surface area contributed by atoms with Gasteiger partial charge in [-0.3, -0.25) is 9.48 Å². The number of ether oxygens (including phenoxy) is 2. The van der Waals surface area contributed by atoms with Crippen LogP contribution in [0.15, 0.2) is 36.7 Å². The molecule has 2 aromatic rings. The third-order valence-electron chi connectivity index (χ3n) is 4.47. The lowest BCUT2D eigenvalue weighted by Gasteiger charge is -2.22. The number of aryl methyl sites for hydroxylation is 1. The maximum absolute atomic E-state index is 12.3. The van der Waals surface area contributed by atoms with Crippen molar-refractivity contribution >= 4 is 12.0 Å². The topological polar surface area (TPSA) is 65.4 Å². The van der Waals surface area contributed by atoms with E-state index < -0.39 is 0 Å². The Kier molecular flexibility index (Phi) is 4.17. The van der Waals surface area contributed by atoms with E-state index in [0.29, 0.717) is 19.1 Å². The zero-order chi connectivity index (χ0) is 17.2. The minimum atomic E-state index is -0.101. The first kappa shape index (κ1) is 15.7. The molecular formula is C19H21N3O3. The first-order valence-corrected chi connectivity index (χ1v) is 8.56. The predicted octanol–water partition coefficient (Wildman–Crippen LogP) is 2.47. The number of rotatable bonds is 5. The second kappa shape index (κ2) is 6.63. The molecule has 6 heteroatoms. The normalized spacial score (nSPS) is 17.5. The molecule has 1 fully saturated rings. The number of hydrogen-bond donors (Lipinski definition) is 1. The standard InChI is InChI=1S/C19H21N3O3/c1-22-12-13(11-20-22)2-7-18(23)21-19(14-3-4-14)15-5-6-16-17(10-15)25-9-8-24-16/h2,5-7,10-12,14,19H,3-4,8-9H2,1H3,(H,21,23)/b7-2-/t19-/m1/s1. The zero-order valence-electron chi connectivity index (χ0n) is 14.1. The highest BCUT2D eigenvalue weighted by Gasteiger charge is 2.33. The van der Waals surface area contributed by atoms with Crippen molar-refractivity contribution in [3.8, 4) is 11.5 Å². The van der Waals surface area contributed by atoms with Crippen LogP contribution in [0.2, 0.25) is 0 Å². The fourth-order valence-electron chi connectivity index (χ4n) is 3.06. The molecule has 0 saturated heterocycles. The Balaban J connectivity index is 1.48. The lowest BCUT2D eigenvalue weighted by atomic mass is 10.0. The first-order valence-electron chi connectivity index (χ1n) is 8.56. The maximum atomic E-state index is 12.3. The highest BCUT2D eigenvalue weighted by atomic mass is 16.6. The predicted molar refractivity (Wildman–Crippen MR) is 93.3 cm³/mol. The second-order valence-corrected chi connectivity index (χ2v) is 6.51. The van der Waals surface area contributed by atoms with Gasteiger partial charge in [-0.25, -0.2) is 0 Å². The number of nitrogens with zero attached hydrogens (tertiary/aromatic N) is 2. The Morgan fingerprint density at radius 2 is 2.12 bits per heavy atom. The van der Waals surface area contributed by atoms with E-state index in [1.54, 1.807) is 23.0 Å². The maximum Gasteiger partial charge on any atom is 0.244 e. The van der Waals surface area contributed by atoms with Crippen molar-refractivity contribution in [1.29, 1.82) is 0 Å². The van der Waals surface area contributed by atoms with Crippen LogP contribution in [0.3, 0.4) is 0 Å². The van der Waals surface area contributed by atoms with Crippen LogP contribution in [0.4, 0.5) is 0 Å². The van der Waals surface area contributed by atoms with Crippen molar-refractivity contribution in [2.75, 3.05) is 13.2 Å². The van der Waals surface area contributed by atoms with Gasteiger partial charge in [-0.15, -0.1) is 0 Å². The fourth-order valence-corrected chi connectivity index (χ4v) is 3.06. The average molecular weight is 339 g/mol. The Morgan fingerprint density at radius 3 is 2.84 bits per heavy atom. The van der Waals surface area contributed by atoms with Crippen LogP contribution < -0.4 is 14.8 Å². The van der Waals surface area contributed by atoms with Crippen LogP contribution >= 0.6 is 0 Å². The van der Waals surface area contributed by atoms with Crippen LogP contribution in [0.1, 0.15) is 30.0 Å². The molecule has 2 heterocycles. The van der Waals surface area contributed by atoms with E-state index in [0.717, 1.165) is 35.5 Å². The van der Waals surface area contributed by atoms with Gasteiger partial charge in [0.25, 0.3) is 0 Å². The highest BCUT2D eigenvalue weighted by Crippen LogP contribution is 2.43. The Morgan fingerprint density at radius 1 is 1.32 bits per heavy atom. The van der Waals surface area contributed by atoms with E-state index in [1.807, 2.05) is 31.4 Å². The molecule has 6 nitrogen and oxygen atoms in total. The molecule has 1 aromatic heterocycles. The molecular weight excluding hydrogens is 318 g/mol. The molecule has 130 valence electrons. The van der Waals surface area contributed by atoms with Crippen molar-refractivity contribution in [2.45, 2.75) is 18.9 Å². The van der Waals surface area contributed by atoms with Gasteiger partial charge in [-0.2, -0.15) is 5.10 Å². The molecule has 1 atom stereocenters. The highest BCUT2D eigenvalue weighted by molar-refractivity contribution is 5.92. The van der Waals surface area contributed by atoms with E-state index in [4.69, 9.17) is 9.47 Å². The Hall–Kier alpha value is -2.76. The van der Waals surface area contributed by atoms with Crippen molar-refractivity contribution in [3.05, 3.63) is 47.8 Å². The number of carbonyl (C=O) groups is 1. The quantitative estimate of drug-likeness (QED) is 0.850. The van der Waals surface area contributed by atoms with Crippen LogP contribution in [0.5, 0.6) is 11.5 Å². The van der Waals surface area contributed by atoms with Gasteiger partial charge in [0.2, 0.25) is 5.91 Å². The minimum Gasteiger partial charge on any atom is -0.486 e. The lowest BCUT2D eigenvalue weighted by Crippen LogP contribution is -2.28. The monoisotopic (exact) mass is 339 g/mol. The minimum absolute atomic E-state index is 0.00174. The summed E-state index contributed by atoms with van der Waals surface area (Å²) in [6.45, 7) is 1.14. The summed E-state index contributed by atoms with van der Waals surface area (Å²) < 4.78 is 12.9. The van der Waals surface area contributed by atoms with Gasteiger partial charge in [-0.05, 0) is 42.5 Å². The molecule has 1 saturated carbocycles. The molecule has 0 bridgehead atoms. The number of fused-ring (bicyclic) bond motifs is 1. The zero-order valence-corrected chi connectivity index (χ0v) is 14.1. The van der Waals surface area contributed by atoms with Gasteiger partial charge in [0.15, 0.2) is 11.5 Å². The van der Waals surface area contributed by atoms with Gasteiger partial charge in [0.05, 0.1) is 12.2 Å². The summed E-state index contributed by atoms with van der Waals surface area (Å²) in [6.07, 6.45) is 9.18. The van der Waals surface area contributed by atoms with E-state index in [-0.39, 0.29) is 11.9 Å². The van der Waals surface area contributed by atoms with Crippen molar-refractivity contribution in [3.63, 3.8) is 0 Å². The van der Waals surface area contributed by atoms with Crippen LogP contribution in [-0.2, 0) is 11.8 Å². The van der Waals surface area contributed by atoms with Crippen molar-refractivity contribution in [2.24, 2.45) is 13.0 Å². The lowest BCUT2D eigenvalue weighted by molar-refractivity contribution is -0.117. The molecule has 1 aliphatic carbocycles. The second-order valence-electron chi connectivity index (χ2n) is 6.51. The Bertz CT molecular complexity index is 808. The molecule has 0 spiro atoms. The molecule has 25 heavy (non-hydrogen) atoms. The summed E-state index contributed by atoms with van der Waals surface area (Å²) in [5, 5.41) is 7.22. The largest absolute Gasteiger partial charge is 0.486 e. The van der Waals surface area contributed by atoms with Crippen LogP contribution in [-0.4, -0.2) is 28.9 Å². The molecule has 1 amide bonds. The number of benzene rings is 1. The van der Waals surface area contributed by atoms with Gasteiger partial charge in [0.1, 0.15) is 13.2 Å². The number of nitrogens with one attached hydrogen (secondary N) is 1. The molecule has 0 radical (unpaired) electrons. The first-order chi connectivity index (χ1) is 12.2. The van der Waals surface area contributed by atoms with Gasteiger partial charge < -0.3 is 14.8 Å². The molecule has 0 unspecified atom stereocenters. The number of hydrogen-bond acceptors (Lipinski definition) is 4. The summed E-state index contributed by atoms with van der Waals surface area (Å²) in [7, 11) is 1.85. The molecule has 4 rings (SSSR count). The number of carbonyl (C=O) groups excluding carboxylic acids is 1. The third-order valence-corrected chi connectivity index (χ3v) is 4.47. The molecule has 1 aromatic carbocycles. The fraction of sp³-hybridized carbons (Fsp3) is 0.368. The van der Waals surface area contributed by atoms with Crippen molar-refractivity contribution < 1.29 is 14.3 Å². The van der Waals surface area contributed by atoms with Gasteiger partial charge >= 0.3 is 0 Å². The van der Waals surface area contributed by atoms with E-state index in [1.165, 1.54) is 0 Å². The number of aromatic nitrogens is 2. The van der Waals surface area contributed by atoms with Crippen LogP contribution in [0.25, 0.3) is 6.08 Å². The SMILES string of the molecule is Cn1cc(/C=C\C(=O)N[C@@H](c2ccc3c(c2)OCCO3)C2CC2)cn1.